The molecule has 70 valence electrons. The molecule has 2 aliphatic rings. The van der Waals surface area contributed by atoms with Gasteiger partial charge in [-0.2, -0.15) is 0 Å². The third-order valence-electron chi connectivity index (χ3n) is 4.46. The van der Waals surface area contributed by atoms with Crippen LogP contribution < -0.4 is 5.32 Å². The maximum Gasteiger partial charge on any atom is 0.0244 e. The van der Waals surface area contributed by atoms with Gasteiger partial charge in [0.15, 0.2) is 0 Å². The summed E-state index contributed by atoms with van der Waals surface area (Å²) in [4.78, 5) is 2.42. The van der Waals surface area contributed by atoms with E-state index in [4.69, 9.17) is 0 Å². The summed E-state index contributed by atoms with van der Waals surface area (Å²) in [5, 5.41) is 3.50. The highest BCUT2D eigenvalue weighted by Crippen LogP contribution is 2.55. The van der Waals surface area contributed by atoms with Gasteiger partial charge < -0.3 is 10.2 Å². The maximum atomic E-state index is 3.50. The van der Waals surface area contributed by atoms with Gasteiger partial charge in [0.05, 0.1) is 0 Å². The summed E-state index contributed by atoms with van der Waals surface area (Å²) in [6.07, 6.45) is 4.18. The normalized spacial score (nSPS) is 47.0. The second-order valence-electron chi connectivity index (χ2n) is 4.88. The molecule has 1 spiro atoms. The highest BCUT2D eigenvalue weighted by Gasteiger charge is 2.57. The Morgan fingerprint density at radius 2 is 1.92 bits per heavy atom. The summed E-state index contributed by atoms with van der Waals surface area (Å²) in [5.41, 5.74) is 1.08. The first-order chi connectivity index (χ1) is 5.61. The first-order valence-corrected chi connectivity index (χ1v) is 4.99. The SMILES string of the molecule is CN(C)C1(C)CC[C@@]12CCNC2. The van der Waals surface area contributed by atoms with Crippen molar-refractivity contribution in [1.29, 1.82) is 0 Å². The van der Waals surface area contributed by atoms with Crippen molar-refractivity contribution in [1.82, 2.24) is 10.2 Å². The molecule has 0 amide bonds. The zero-order valence-corrected chi connectivity index (χ0v) is 8.48. The summed E-state index contributed by atoms with van der Waals surface area (Å²) in [5.74, 6) is 0. The van der Waals surface area contributed by atoms with E-state index in [1.54, 1.807) is 0 Å². The van der Waals surface area contributed by atoms with Gasteiger partial charge in [0.2, 0.25) is 0 Å². The van der Waals surface area contributed by atoms with Crippen molar-refractivity contribution < 1.29 is 0 Å². The van der Waals surface area contributed by atoms with E-state index in [9.17, 15) is 0 Å². The van der Waals surface area contributed by atoms with Crippen LogP contribution in [0, 0.1) is 5.41 Å². The van der Waals surface area contributed by atoms with Crippen LogP contribution in [-0.2, 0) is 0 Å². The Morgan fingerprint density at radius 1 is 1.17 bits per heavy atom. The van der Waals surface area contributed by atoms with Crippen LogP contribution in [-0.4, -0.2) is 37.6 Å². The molecule has 2 nitrogen and oxygen atoms in total. The van der Waals surface area contributed by atoms with E-state index in [0.29, 0.717) is 11.0 Å². The molecule has 12 heavy (non-hydrogen) atoms. The fourth-order valence-corrected chi connectivity index (χ4v) is 2.96. The highest BCUT2D eigenvalue weighted by atomic mass is 15.2. The van der Waals surface area contributed by atoms with Crippen LogP contribution in [0.1, 0.15) is 26.2 Å². The smallest absolute Gasteiger partial charge is 0.0244 e. The maximum absolute atomic E-state index is 3.50. The predicted molar refractivity (Wildman–Crippen MR) is 51.2 cm³/mol. The molecule has 1 aliphatic carbocycles. The van der Waals surface area contributed by atoms with Crippen LogP contribution in [0.4, 0.5) is 0 Å². The van der Waals surface area contributed by atoms with Crippen molar-refractivity contribution in [2.75, 3.05) is 27.2 Å². The number of nitrogens with zero attached hydrogens (tertiary/aromatic N) is 1. The Morgan fingerprint density at radius 3 is 2.25 bits per heavy atom. The molecule has 0 radical (unpaired) electrons. The van der Waals surface area contributed by atoms with Crippen molar-refractivity contribution in [3.05, 3.63) is 0 Å². The minimum atomic E-state index is 0.469. The molecule has 0 aromatic carbocycles. The minimum absolute atomic E-state index is 0.469. The van der Waals surface area contributed by atoms with Crippen molar-refractivity contribution >= 4 is 0 Å². The largest absolute Gasteiger partial charge is 0.316 e. The second-order valence-corrected chi connectivity index (χ2v) is 4.88. The standard InChI is InChI=1S/C10H20N2/c1-9(12(2)3)4-5-10(9)6-7-11-8-10/h11H,4-8H2,1-3H3/t9?,10-/m0/s1. The molecule has 0 bridgehead atoms. The van der Waals surface area contributed by atoms with E-state index < -0.39 is 0 Å². The molecule has 2 rings (SSSR count). The molecule has 1 aliphatic heterocycles. The summed E-state index contributed by atoms with van der Waals surface area (Å²) >= 11 is 0. The first-order valence-electron chi connectivity index (χ1n) is 4.99. The van der Waals surface area contributed by atoms with E-state index >= 15 is 0 Å². The number of hydrogen-bond acceptors (Lipinski definition) is 2. The summed E-state index contributed by atoms with van der Waals surface area (Å²) in [6, 6.07) is 0. The number of rotatable bonds is 1. The van der Waals surface area contributed by atoms with E-state index in [0.717, 1.165) is 0 Å². The summed E-state index contributed by atoms with van der Waals surface area (Å²) in [7, 11) is 4.44. The van der Waals surface area contributed by atoms with Crippen molar-refractivity contribution in [2.45, 2.75) is 31.7 Å². The van der Waals surface area contributed by atoms with E-state index in [-0.39, 0.29) is 0 Å². The molecular weight excluding hydrogens is 148 g/mol. The summed E-state index contributed by atoms with van der Waals surface area (Å²) < 4.78 is 0. The fraction of sp³-hybridized carbons (Fsp3) is 1.00. The molecule has 1 heterocycles. The molecule has 0 aromatic rings. The van der Waals surface area contributed by atoms with E-state index in [1.165, 1.54) is 32.4 Å². The van der Waals surface area contributed by atoms with Gasteiger partial charge >= 0.3 is 0 Å². The third-order valence-corrected chi connectivity index (χ3v) is 4.46. The fourth-order valence-electron chi connectivity index (χ4n) is 2.96. The zero-order chi connectivity index (χ0) is 8.82. The summed E-state index contributed by atoms with van der Waals surface area (Å²) in [6.45, 7) is 4.88. The molecule has 1 saturated carbocycles. The van der Waals surface area contributed by atoms with Crippen molar-refractivity contribution in [3.8, 4) is 0 Å². The molecular formula is C10H20N2. The monoisotopic (exact) mass is 168 g/mol. The van der Waals surface area contributed by atoms with Crippen LogP contribution in [0.25, 0.3) is 0 Å². The lowest BCUT2D eigenvalue weighted by Crippen LogP contribution is -2.63. The van der Waals surface area contributed by atoms with E-state index in [1.807, 2.05) is 0 Å². The Bertz CT molecular complexity index is 178. The van der Waals surface area contributed by atoms with Crippen molar-refractivity contribution in [3.63, 3.8) is 0 Å². The lowest BCUT2D eigenvalue weighted by molar-refractivity contribution is -0.0736. The van der Waals surface area contributed by atoms with Gasteiger partial charge in [0, 0.05) is 17.5 Å². The van der Waals surface area contributed by atoms with Crippen molar-refractivity contribution in [2.24, 2.45) is 5.41 Å². The topological polar surface area (TPSA) is 15.3 Å². The average molecular weight is 168 g/mol. The Balaban J connectivity index is 2.17. The minimum Gasteiger partial charge on any atom is -0.316 e. The third kappa shape index (κ3) is 0.826. The highest BCUT2D eigenvalue weighted by molar-refractivity contribution is 5.13. The van der Waals surface area contributed by atoms with Gasteiger partial charge in [0.1, 0.15) is 0 Å². The number of nitrogens with one attached hydrogen (secondary N) is 1. The lowest BCUT2D eigenvalue weighted by Gasteiger charge is -2.59. The number of hydrogen-bond donors (Lipinski definition) is 1. The lowest BCUT2D eigenvalue weighted by atomic mass is 9.54. The van der Waals surface area contributed by atoms with Gasteiger partial charge in [-0.25, -0.2) is 0 Å². The van der Waals surface area contributed by atoms with Gasteiger partial charge in [-0.1, -0.05) is 0 Å². The van der Waals surface area contributed by atoms with Gasteiger partial charge in [-0.05, 0) is 46.8 Å². The molecule has 2 heteroatoms. The molecule has 1 unspecified atom stereocenters. The first kappa shape index (κ1) is 8.52. The van der Waals surface area contributed by atoms with Gasteiger partial charge in [0.25, 0.3) is 0 Å². The molecule has 2 atom stereocenters. The molecule has 1 N–H and O–H groups in total. The quantitative estimate of drug-likeness (QED) is 0.630. The van der Waals surface area contributed by atoms with Crippen LogP contribution in [0.3, 0.4) is 0 Å². The Labute approximate surface area is 75.3 Å². The Hall–Kier alpha value is -0.0800. The predicted octanol–water partition coefficient (Wildman–Crippen LogP) is 1.08. The Kier molecular flexibility index (Phi) is 1.74. The van der Waals surface area contributed by atoms with Crippen LogP contribution in [0.2, 0.25) is 0 Å². The van der Waals surface area contributed by atoms with Gasteiger partial charge in [-0.3, -0.25) is 0 Å². The van der Waals surface area contributed by atoms with Gasteiger partial charge in [-0.15, -0.1) is 0 Å². The van der Waals surface area contributed by atoms with Crippen LogP contribution in [0.15, 0.2) is 0 Å². The zero-order valence-electron chi connectivity index (χ0n) is 8.48. The molecule has 2 fully saturated rings. The van der Waals surface area contributed by atoms with Crippen LogP contribution >= 0.6 is 0 Å². The molecule has 0 aromatic heterocycles. The van der Waals surface area contributed by atoms with E-state index in [2.05, 4.69) is 31.2 Å². The van der Waals surface area contributed by atoms with Crippen LogP contribution in [0.5, 0.6) is 0 Å². The second kappa shape index (κ2) is 2.46. The average Bonchev–Trinajstić information content (AvgIpc) is 2.50. The molecule has 1 saturated heterocycles.